The van der Waals surface area contributed by atoms with Gasteiger partial charge in [-0.3, -0.25) is 4.72 Å². The molecule has 0 radical (unpaired) electrons. The molecule has 88 valence electrons. The molecule has 6 heteroatoms. The minimum absolute atomic E-state index is 0.00840. The maximum Gasteiger partial charge on any atom is 0.242 e. The van der Waals surface area contributed by atoms with Gasteiger partial charge in [-0.2, -0.15) is 0 Å². The number of nitrogens with two attached hydrogens (primary N) is 1. The summed E-state index contributed by atoms with van der Waals surface area (Å²) in [6.07, 6.45) is 0.359. The molecule has 0 spiro atoms. The number of benzene rings is 1. The Bertz CT molecular complexity index is 457. The molecule has 1 aromatic rings. The van der Waals surface area contributed by atoms with E-state index in [-0.39, 0.29) is 4.99 Å². The fourth-order valence-electron chi connectivity index (χ4n) is 1.32. The third kappa shape index (κ3) is 3.18. The summed E-state index contributed by atoms with van der Waals surface area (Å²) >= 11 is 4.74. The van der Waals surface area contributed by atoms with Crippen molar-refractivity contribution in [2.24, 2.45) is 5.73 Å². The monoisotopic (exact) mass is 258 g/mol. The molecule has 1 unspecified atom stereocenters. The van der Waals surface area contributed by atoms with Crippen molar-refractivity contribution in [1.82, 2.24) is 0 Å². The Kier molecular flexibility index (Phi) is 4.26. The number of sulfonamides is 1. The van der Waals surface area contributed by atoms with Gasteiger partial charge < -0.3 is 5.73 Å². The molecule has 1 atom stereocenters. The lowest BCUT2D eigenvalue weighted by atomic mass is 10.3. The lowest BCUT2D eigenvalue weighted by molar-refractivity contribution is 0.594. The first-order valence-electron chi connectivity index (χ1n) is 4.83. The molecule has 1 aromatic carbocycles. The van der Waals surface area contributed by atoms with E-state index in [0.29, 0.717) is 12.1 Å². The average molecular weight is 258 g/mol. The average Bonchev–Trinajstić information content (AvgIpc) is 2.18. The van der Waals surface area contributed by atoms with Gasteiger partial charge in [-0.15, -0.1) is 0 Å². The predicted octanol–water partition coefficient (Wildman–Crippen LogP) is 1.49. The smallest absolute Gasteiger partial charge is 0.242 e. The van der Waals surface area contributed by atoms with Gasteiger partial charge >= 0.3 is 0 Å². The quantitative estimate of drug-likeness (QED) is 0.785. The Morgan fingerprint density at radius 3 is 2.44 bits per heavy atom. The van der Waals surface area contributed by atoms with Crippen LogP contribution in [0.4, 0.5) is 5.69 Å². The summed E-state index contributed by atoms with van der Waals surface area (Å²) in [4.78, 5) is -0.00840. The van der Waals surface area contributed by atoms with E-state index in [2.05, 4.69) is 4.72 Å². The van der Waals surface area contributed by atoms with E-state index in [0.717, 1.165) is 0 Å². The van der Waals surface area contributed by atoms with Crippen LogP contribution in [0.15, 0.2) is 30.3 Å². The van der Waals surface area contributed by atoms with E-state index in [1.165, 1.54) is 0 Å². The largest absolute Gasteiger partial charge is 0.392 e. The van der Waals surface area contributed by atoms with Crippen molar-refractivity contribution in [2.45, 2.75) is 18.6 Å². The summed E-state index contributed by atoms with van der Waals surface area (Å²) < 4.78 is 26.2. The second kappa shape index (κ2) is 5.27. The van der Waals surface area contributed by atoms with Crippen molar-refractivity contribution in [3.05, 3.63) is 30.3 Å². The molecule has 0 saturated heterocycles. The van der Waals surface area contributed by atoms with Crippen LogP contribution >= 0.6 is 12.2 Å². The topological polar surface area (TPSA) is 72.2 Å². The Morgan fingerprint density at radius 1 is 1.44 bits per heavy atom. The zero-order chi connectivity index (χ0) is 12.2. The number of hydrogen-bond acceptors (Lipinski definition) is 3. The molecule has 16 heavy (non-hydrogen) atoms. The Morgan fingerprint density at radius 2 is 2.00 bits per heavy atom. The number of hydrogen-bond donors (Lipinski definition) is 2. The molecule has 0 saturated carbocycles. The van der Waals surface area contributed by atoms with Crippen LogP contribution in [0.3, 0.4) is 0 Å². The zero-order valence-corrected chi connectivity index (χ0v) is 10.5. The van der Waals surface area contributed by atoms with Gasteiger partial charge in [-0.05, 0) is 18.6 Å². The molecule has 0 aliphatic rings. The summed E-state index contributed by atoms with van der Waals surface area (Å²) in [7, 11) is -3.54. The van der Waals surface area contributed by atoms with E-state index in [1.807, 2.05) is 6.07 Å². The van der Waals surface area contributed by atoms with Gasteiger partial charge in [0.05, 0.1) is 4.99 Å². The Balaban J connectivity index is 2.91. The van der Waals surface area contributed by atoms with Crippen molar-refractivity contribution < 1.29 is 8.42 Å². The molecule has 0 amide bonds. The van der Waals surface area contributed by atoms with Crippen molar-refractivity contribution in [2.75, 3.05) is 4.72 Å². The van der Waals surface area contributed by atoms with Crippen molar-refractivity contribution in [1.29, 1.82) is 0 Å². The molecule has 0 aliphatic heterocycles. The van der Waals surface area contributed by atoms with Crippen molar-refractivity contribution in [3.63, 3.8) is 0 Å². The highest BCUT2D eigenvalue weighted by atomic mass is 32.2. The van der Waals surface area contributed by atoms with Crippen LogP contribution in [0.25, 0.3) is 0 Å². The number of nitrogens with one attached hydrogen (secondary N) is 1. The SMILES string of the molecule is CCC(C(N)=S)S(=O)(=O)Nc1ccccc1. The standard InChI is InChI=1S/C10H14N2O2S2/c1-2-9(10(11)15)16(13,14)12-8-6-4-3-5-7-8/h3-7,9,12H,2H2,1H3,(H2,11,15). The summed E-state index contributed by atoms with van der Waals surface area (Å²) in [5.74, 6) is 0. The molecule has 1 rings (SSSR count). The molecular formula is C10H14N2O2S2. The van der Waals surface area contributed by atoms with Crippen LogP contribution in [0.5, 0.6) is 0 Å². The maximum absolute atomic E-state index is 11.9. The Hall–Kier alpha value is -1.14. The van der Waals surface area contributed by atoms with Crippen LogP contribution < -0.4 is 10.5 Å². The van der Waals surface area contributed by atoms with Gasteiger partial charge in [0.1, 0.15) is 5.25 Å². The molecule has 0 heterocycles. The maximum atomic E-state index is 11.9. The molecule has 4 nitrogen and oxygen atoms in total. The van der Waals surface area contributed by atoms with Crippen molar-refractivity contribution in [3.8, 4) is 0 Å². The minimum atomic E-state index is -3.54. The van der Waals surface area contributed by atoms with E-state index in [1.54, 1.807) is 31.2 Å². The first kappa shape index (κ1) is 12.9. The predicted molar refractivity (Wildman–Crippen MR) is 69.8 cm³/mol. The van der Waals surface area contributed by atoms with Gasteiger partial charge in [-0.25, -0.2) is 8.42 Å². The first-order valence-corrected chi connectivity index (χ1v) is 6.79. The molecule has 3 N–H and O–H groups in total. The summed E-state index contributed by atoms with van der Waals surface area (Å²) in [6, 6.07) is 8.65. The van der Waals surface area contributed by atoms with Crippen molar-refractivity contribution >= 4 is 32.9 Å². The van der Waals surface area contributed by atoms with E-state index in [4.69, 9.17) is 18.0 Å². The van der Waals surface area contributed by atoms with E-state index in [9.17, 15) is 8.42 Å². The van der Waals surface area contributed by atoms with Crippen LogP contribution in [0.2, 0.25) is 0 Å². The van der Waals surface area contributed by atoms with Crippen LogP contribution in [-0.2, 0) is 10.0 Å². The van der Waals surface area contributed by atoms with Crippen LogP contribution in [0, 0.1) is 0 Å². The fraction of sp³-hybridized carbons (Fsp3) is 0.300. The first-order chi connectivity index (χ1) is 7.47. The highest BCUT2D eigenvalue weighted by Crippen LogP contribution is 2.13. The Labute approximate surface area is 101 Å². The second-order valence-corrected chi connectivity index (χ2v) is 5.65. The zero-order valence-electron chi connectivity index (χ0n) is 8.88. The molecule has 0 aliphatic carbocycles. The number of thiocarbonyl (C=S) groups is 1. The van der Waals surface area contributed by atoms with Crippen LogP contribution in [-0.4, -0.2) is 18.7 Å². The van der Waals surface area contributed by atoms with E-state index >= 15 is 0 Å². The number of para-hydroxylation sites is 1. The fourth-order valence-corrected chi connectivity index (χ4v) is 3.21. The third-order valence-corrected chi connectivity index (χ3v) is 4.39. The molecule has 0 fully saturated rings. The number of anilines is 1. The van der Waals surface area contributed by atoms with Gasteiger partial charge in [0.2, 0.25) is 10.0 Å². The van der Waals surface area contributed by atoms with Gasteiger partial charge in [0, 0.05) is 5.69 Å². The lowest BCUT2D eigenvalue weighted by Crippen LogP contribution is -2.37. The van der Waals surface area contributed by atoms with Gasteiger partial charge in [-0.1, -0.05) is 37.3 Å². The lowest BCUT2D eigenvalue weighted by Gasteiger charge is -2.15. The summed E-state index contributed by atoms with van der Waals surface area (Å²) in [6.45, 7) is 1.73. The van der Waals surface area contributed by atoms with E-state index < -0.39 is 15.3 Å². The highest BCUT2D eigenvalue weighted by Gasteiger charge is 2.26. The van der Waals surface area contributed by atoms with Gasteiger partial charge in [0.25, 0.3) is 0 Å². The summed E-state index contributed by atoms with van der Waals surface area (Å²) in [5, 5.41) is -0.831. The molecule has 0 aromatic heterocycles. The minimum Gasteiger partial charge on any atom is -0.392 e. The normalized spacial score (nSPS) is 13.1. The molecular weight excluding hydrogens is 244 g/mol. The second-order valence-electron chi connectivity index (χ2n) is 3.31. The highest BCUT2D eigenvalue weighted by molar-refractivity contribution is 7.95. The third-order valence-electron chi connectivity index (χ3n) is 2.10. The van der Waals surface area contributed by atoms with Crippen LogP contribution in [0.1, 0.15) is 13.3 Å². The molecule has 0 bridgehead atoms. The summed E-state index contributed by atoms with van der Waals surface area (Å²) in [5.41, 5.74) is 5.91. The van der Waals surface area contributed by atoms with Gasteiger partial charge in [0.15, 0.2) is 0 Å². The number of rotatable bonds is 5.